The normalized spacial score (nSPS) is 13.2. The lowest BCUT2D eigenvalue weighted by molar-refractivity contribution is 0.102. The third kappa shape index (κ3) is 5.28. The number of benzene rings is 1. The standard InChI is InChI=1S/C18H19N5OS2.2ClH/c19-8-16-20-14(11-25-16)17(24)22-18-21-13-6-7-23(10-15(13)26-18)9-12-4-2-1-3-5-12;;/h1-5,11H,6-10,19H2,(H,21,22,24);2*1H. The summed E-state index contributed by atoms with van der Waals surface area (Å²) >= 11 is 2.95. The van der Waals surface area contributed by atoms with E-state index in [2.05, 4.69) is 44.5 Å². The average molecular weight is 458 g/mol. The van der Waals surface area contributed by atoms with Crippen LogP contribution in [0.25, 0.3) is 0 Å². The van der Waals surface area contributed by atoms with E-state index in [0.717, 1.165) is 36.8 Å². The van der Waals surface area contributed by atoms with Crippen LogP contribution in [0.15, 0.2) is 35.7 Å². The molecular formula is C18H21Cl2N5OS2. The van der Waals surface area contributed by atoms with Gasteiger partial charge in [0.1, 0.15) is 10.7 Å². The quantitative estimate of drug-likeness (QED) is 0.609. The molecule has 0 saturated carbocycles. The molecule has 2 aromatic heterocycles. The van der Waals surface area contributed by atoms with Crippen molar-refractivity contribution in [1.82, 2.24) is 14.9 Å². The Labute approximate surface area is 184 Å². The zero-order chi connectivity index (χ0) is 17.9. The van der Waals surface area contributed by atoms with Crippen LogP contribution in [0.3, 0.4) is 0 Å². The third-order valence-electron chi connectivity index (χ3n) is 4.24. The number of nitrogens with zero attached hydrogens (tertiary/aromatic N) is 3. The Hall–Kier alpha value is -1.55. The fraction of sp³-hybridized carbons (Fsp3) is 0.278. The lowest BCUT2D eigenvalue weighted by Gasteiger charge is -2.25. The lowest BCUT2D eigenvalue weighted by Crippen LogP contribution is -2.29. The maximum absolute atomic E-state index is 12.3. The van der Waals surface area contributed by atoms with Gasteiger partial charge in [-0.05, 0) is 5.56 Å². The second kappa shape index (κ2) is 10.3. The zero-order valence-corrected chi connectivity index (χ0v) is 18.2. The first-order chi connectivity index (χ1) is 12.7. The summed E-state index contributed by atoms with van der Waals surface area (Å²) in [4.78, 5) is 24.8. The van der Waals surface area contributed by atoms with Gasteiger partial charge in [0.05, 0.1) is 5.69 Å². The Bertz CT molecular complexity index is 916. The highest BCUT2D eigenvalue weighted by Gasteiger charge is 2.22. The van der Waals surface area contributed by atoms with E-state index < -0.39 is 0 Å². The monoisotopic (exact) mass is 457 g/mol. The number of fused-ring (bicyclic) bond motifs is 1. The van der Waals surface area contributed by atoms with E-state index in [1.54, 1.807) is 16.7 Å². The molecule has 28 heavy (non-hydrogen) atoms. The molecule has 10 heteroatoms. The highest BCUT2D eigenvalue weighted by atomic mass is 35.5. The maximum Gasteiger partial charge on any atom is 0.276 e. The summed E-state index contributed by atoms with van der Waals surface area (Å²) in [6.07, 6.45) is 0.905. The number of nitrogens with two attached hydrogens (primary N) is 1. The molecule has 0 spiro atoms. The number of carbonyl (C=O) groups excluding carboxylic acids is 1. The molecule has 0 saturated heterocycles. The van der Waals surface area contributed by atoms with Crippen LogP contribution in [-0.2, 0) is 26.1 Å². The van der Waals surface area contributed by atoms with E-state index in [-0.39, 0.29) is 30.7 Å². The molecule has 1 aliphatic rings. The van der Waals surface area contributed by atoms with Crippen molar-refractivity contribution in [2.24, 2.45) is 5.73 Å². The number of nitrogens with one attached hydrogen (secondary N) is 1. The Morgan fingerprint density at radius 2 is 2.00 bits per heavy atom. The molecule has 0 atom stereocenters. The molecule has 0 bridgehead atoms. The fourth-order valence-corrected chi connectivity index (χ4v) is 4.65. The molecule has 150 valence electrons. The van der Waals surface area contributed by atoms with Gasteiger partial charge in [-0.25, -0.2) is 9.97 Å². The molecule has 1 aromatic carbocycles. The SMILES string of the molecule is Cl.Cl.NCc1nc(C(=O)Nc2nc3c(s2)CN(Cc2ccccc2)CC3)cs1. The largest absolute Gasteiger partial charge is 0.325 e. The van der Waals surface area contributed by atoms with Crippen molar-refractivity contribution in [3.05, 3.63) is 62.5 Å². The van der Waals surface area contributed by atoms with Crippen molar-refractivity contribution in [3.63, 3.8) is 0 Å². The second-order valence-electron chi connectivity index (χ2n) is 6.12. The average Bonchev–Trinajstić information content (AvgIpc) is 3.28. The Balaban J connectivity index is 0.00000140. The Morgan fingerprint density at radius 1 is 1.21 bits per heavy atom. The van der Waals surface area contributed by atoms with Crippen LogP contribution in [0, 0.1) is 0 Å². The van der Waals surface area contributed by atoms with Crippen molar-refractivity contribution >= 4 is 58.5 Å². The molecule has 0 radical (unpaired) electrons. The summed E-state index contributed by atoms with van der Waals surface area (Å²) in [5.41, 5.74) is 8.36. The van der Waals surface area contributed by atoms with Crippen LogP contribution in [0.1, 0.15) is 31.6 Å². The van der Waals surface area contributed by atoms with E-state index in [1.807, 2.05) is 6.07 Å². The maximum atomic E-state index is 12.3. The number of amides is 1. The van der Waals surface area contributed by atoms with Crippen LogP contribution in [0.5, 0.6) is 0 Å². The highest BCUT2D eigenvalue weighted by Crippen LogP contribution is 2.29. The van der Waals surface area contributed by atoms with E-state index in [9.17, 15) is 4.79 Å². The first-order valence-corrected chi connectivity index (χ1v) is 10.1. The van der Waals surface area contributed by atoms with Gasteiger partial charge in [-0.15, -0.1) is 47.5 Å². The van der Waals surface area contributed by atoms with Gasteiger partial charge in [0.25, 0.3) is 5.91 Å². The van der Waals surface area contributed by atoms with E-state index in [1.165, 1.54) is 21.8 Å². The van der Waals surface area contributed by atoms with Gasteiger partial charge in [0.2, 0.25) is 0 Å². The fourth-order valence-electron chi connectivity index (χ4n) is 2.95. The third-order valence-corrected chi connectivity index (χ3v) is 6.11. The van der Waals surface area contributed by atoms with Gasteiger partial charge in [0.15, 0.2) is 5.13 Å². The van der Waals surface area contributed by atoms with Crippen LogP contribution in [0.2, 0.25) is 0 Å². The number of thiazole rings is 2. The molecule has 6 nitrogen and oxygen atoms in total. The van der Waals surface area contributed by atoms with Crippen LogP contribution >= 0.6 is 47.5 Å². The Morgan fingerprint density at radius 3 is 2.71 bits per heavy atom. The van der Waals surface area contributed by atoms with Gasteiger partial charge >= 0.3 is 0 Å². The number of aromatic nitrogens is 2. The Kier molecular flexibility index (Phi) is 8.36. The van der Waals surface area contributed by atoms with E-state index in [0.29, 0.717) is 17.4 Å². The van der Waals surface area contributed by atoms with Crippen molar-refractivity contribution in [2.75, 3.05) is 11.9 Å². The summed E-state index contributed by atoms with van der Waals surface area (Å²) in [5.74, 6) is -0.229. The summed E-state index contributed by atoms with van der Waals surface area (Å²) < 4.78 is 0. The summed E-state index contributed by atoms with van der Waals surface area (Å²) in [6.45, 7) is 3.12. The molecule has 0 fully saturated rings. The lowest BCUT2D eigenvalue weighted by atomic mass is 10.1. The van der Waals surface area contributed by atoms with Crippen molar-refractivity contribution in [2.45, 2.75) is 26.1 Å². The number of hydrogen-bond acceptors (Lipinski definition) is 7. The van der Waals surface area contributed by atoms with Crippen molar-refractivity contribution in [3.8, 4) is 0 Å². The van der Waals surface area contributed by atoms with Gasteiger partial charge in [-0.3, -0.25) is 15.0 Å². The first-order valence-electron chi connectivity index (χ1n) is 8.42. The predicted molar refractivity (Wildman–Crippen MR) is 119 cm³/mol. The predicted octanol–water partition coefficient (Wildman–Crippen LogP) is 3.71. The smallest absolute Gasteiger partial charge is 0.276 e. The highest BCUT2D eigenvalue weighted by molar-refractivity contribution is 7.16. The first kappa shape index (κ1) is 22.7. The van der Waals surface area contributed by atoms with E-state index in [4.69, 9.17) is 5.73 Å². The molecule has 1 amide bonds. The number of halogens is 2. The molecule has 3 heterocycles. The van der Waals surface area contributed by atoms with Gasteiger partial charge in [-0.1, -0.05) is 30.3 Å². The number of rotatable bonds is 5. The molecule has 4 rings (SSSR count). The summed E-state index contributed by atoms with van der Waals surface area (Å²) in [5, 5.41) is 6.00. The number of anilines is 1. The topological polar surface area (TPSA) is 84.1 Å². The van der Waals surface area contributed by atoms with Gasteiger partial charge in [-0.2, -0.15) is 0 Å². The van der Waals surface area contributed by atoms with E-state index >= 15 is 0 Å². The van der Waals surface area contributed by atoms with Gasteiger partial charge < -0.3 is 5.73 Å². The second-order valence-corrected chi connectivity index (χ2v) is 8.15. The molecule has 3 aromatic rings. The van der Waals surface area contributed by atoms with Crippen LogP contribution in [0.4, 0.5) is 5.13 Å². The number of hydrogen-bond donors (Lipinski definition) is 2. The minimum absolute atomic E-state index is 0. The van der Waals surface area contributed by atoms with Crippen molar-refractivity contribution < 1.29 is 4.79 Å². The minimum Gasteiger partial charge on any atom is -0.325 e. The van der Waals surface area contributed by atoms with Crippen LogP contribution < -0.4 is 11.1 Å². The molecule has 0 aliphatic carbocycles. The summed E-state index contributed by atoms with van der Waals surface area (Å²) in [6, 6.07) is 10.5. The zero-order valence-electron chi connectivity index (χ0n) is 15.0. The van der Waals surface area contributed by atoms with Crippen LogP contribution in [-0.4, -0.2) is 27.3 Å². The van der Waals surface area contributed by atoms with Crippen molar-refractivity contribution in [1.29, 1.82) is 0 Å². The molecule has 3 N–H and O–H groups in total. The molecule has 0 unspecified atom stereocenters. The number of carbonyl (C=O) groups is 1. The summed E-state index contributed by atoms with van der Waals surface area (Å²) in [7, 11) is 0. The van der Waals surface area contributed by atoms with Gasteiger partial charge in [0, 0.05) is 42.9 Å². The molecular weight excluding hydrogens is 437 g/mol. The minimum atomic E-state index is -0.229. The molecule has 1 aliphatic heterocycles.